The van der Waals surface area contributed by atoms with E-state index in [-0.39, 0.29) is 5.75 Å². The van der Waals surface area contributed by atoms with E-state index in [1.165, 1.54) is 6.07 Å². The molecule has 5 nitrogen and oxygen atoms in total. The predicted molar refractivity (Wildman–Crippen MR) is 70.1 cm³/mol. The van der Waals surface area contributed by atoms with Gasteiger partial charge < -0.3 is 19.8 Å². The molecule has 0 aliphatic rings. The molecular formula is C12H11N2O3S-. The molecule has 6 heteroatoms. The van der Waals surface area contributed by atoms with Gasteiger partial charge in [-0.05, 0) is 24.3 Å². The Bertz CT molecular complexity index is 561. The molecule has 1 unspecified atom stereocenters. The van der Waals surface area contributed by atoms with Crippen LogP contribution in [0.3, 0.4) is 0 Å². The lowest BCUT2D eigenvalue weighted by Gasteiger charge is -2.14. The number of nitrogens with one attached hydrogen (secondary N) is 1. The summed E-state index contributed by atoms with van der Waals surface area (Å²) in [6, 6.07) is 14.1. The lowest BCUT2D eigenvalue weighted by molar-refractivity contribution is 0.441. The fraction of sp³-hybridized carbons (Fsp3) is 0. The lowest BCUT2D eigenvalue weighted by atomic mass is 10.2. The van der Waals surface area contributed by atoms with Crippen molar-refractivity contribution in [3.63, 3.8) is 0 Å². The molecule has 18 heavy (non-hydrogen) atoms. The molecule has 2 aromatic carbocycles. The topological polar surface area (TPSA) is 87.4 Å². The van der Waals surface area contributed by atoms with Gasteiger partial charge in [0.25, 0.3) is 0 Å². The summed E-state index contributed by atoms with van der Waals surface area (Å²) in [5, 5.41) is 3.05. The maximum Gasteiger partial charge on any atom is 0.164 e. The van der Waals surface area contributed by atoms with Crippen molar-refractivity contribution in [2.75, 3.05) is 11.1 Å². The molecule has 0 bridgehead atoms. The van der Waals surface area contributed by atoms with Crippen molar-refractivity contribution in [1.29, 1.82) is 0 Å². The number of rotatable bonds is 4. The quantitative estimate of drug-likeness (QED) is 0.652. The van der Waals surface area contributed by atoms with Crippen LogP contribution >= 0.6 is 0 Å². The van der Waals surface area contributed by atoms with E-state index in [0.717, 1.165) is 5.69 Å². The summed E-state index contributed by atoms with van der Waals surface area (Å²) in [5.41, 5.74) is 7.36. The summed E-state index contributed by atoms with van der Waals surface area (Å²) < 4.78 is 25.9. The van der Waals surface area contributed by atoms with Crippen LogP contribution in [0.5, 0.6) is 5.75 Å². The molecule has 2 rings (SSSR count). The predicted octanol–water partition coefficient (Wildman–Crippen LogP) is 2.19. The van der Waals surface area contributed by atoms with Crippen molar-refractivity contribution in [1.82, 2.24) is 0 Å². The SMILES string of the molecule is Nc1ccc(Nc2ccccc2)c(OS(=O)[O-])c1. The van der Waals surface area contributed by atoms with Crippen LogP contribution in [0.2, 0.25) is 0 Å². The van der Waals surface area contributed by atoms with Crippen LogP contribution in [0.1, 0.15) is 0 Å². The third kappa shape index (κ3) is 3.22. The Labute approximate surface area is 107 Å². The molecule has 0 fully saturated rings. The Morgan fingerprint density at radius 2 is 1.89 bits per heavy atom. The van der Waals surface area contributed by atoms with Crippen molar-refractivity contribution in [2.45, 2.75) is 0 Å². The molecule has 0 saturated carbocycles. The van der Waals surface area contributed by atoms with Crippen molar-refractivity contribution in [2.24, 2.45) is 0 Å². The summed E-state index contributed by atoms with van der Waals surface area (Å²) in [5.74, 6) is 0.159. The molecule has 94 valence electrons. The van der Waals surface area contributed by atoms with Crippen LogP contribution in [0.25, 0.3) is 0 Å². The average Bonchev–Trinajstić information content (AvgIpc) is 2.33. The fourth-order valence-electron chi connectivity index (χ4n) is 1.46. The number of hydrogen-bond acceptors (Lipinski definition) is 5. The van der Waals surface area contributed by atoms with E-state index in [9.17, 15) is 8.76 Å². The monoisotopic (exact) mass is 263 g/mol. The van der Waals surface area contributed by atoms with Crippen molar-refractivity contribution < 1.29 is 12.9 Å². The van der Waals surface area contributed by atoms with Gasteiger partial charge in [-0.2, -0.15) is 0 Å². The highest BCUT2D eigenvalue weighted by atomic mass is 32.2. The summed E-state index contributed by atoms with van der Waals surface area (Å²) in [4.78, 5) is 0. The van der Waals surface area contributed by atoms with Crippen LogP contribution in [-0.2, 0) is 11.4 Å². The van der Waals surface area contributed by atoms with Crippen LogP contribution in [0.4, 0.5) is 17.1 Å². The molecular weight excluding hydrogens is 252 g/mol. The Hall–Kier alpha value is -2.05. The van der Waals surface area contributed by atoms with Gasteiger partial charge in [-0.3, -0.25) is 0 Å². The molecule has 0 spiro atoms. The Balaban J connectivity index is 2.29. The fourth-order valence-corrected chi connectivity index (χ4v) is 1.75. The van der Waals surface area contributed by atoms with E-state index >= 15 is 0 Å². The zero-order valence-electron chi connectivity index (χ0n) is 9.33. The highest BCUT2D eigenvalue weighted by molar-refractivity contribution is 7.74. The van der Waals surface area contributed by atoms with Crippen LogP contribution in [0, 0.1) is 0 Å². The van der Waals surface area contributed by atoms with Gasteiger partial charge in [0.1, 0.15) is 11.4 Å². The molecule has 0 heterocycles. The molecule has 3 N–H and O–H groups in total. The molecule has 0 aliphatic carbocycles. The largest absolute Gasteiger partial charge is 0.740 e. The number of nitrogen functional groups attached to an aromatic ring is 1. The summed E-state index contributed by atoms with van der Waals surface area (Å²) in [7, 11) is 0. The van der Waals surface area contributed by atoms with E-state index in [2.05, 4.69) is 9.50 Å². The molecule has 0 aromatic heterocycles. The van der Waals surface area contributed by atoms with E-state index in [1.807, 2.05) is 30.3 Å². The molecule has 0 amide bonds. The van der Waals surface area contributed by atoms with Gasteiger partial charge in [-0.15, -0.1) is 0 Å². The second kappa shape index (κ2) is 5.52. The summed E-state index contributed by atoms with van der Waals surface area (Å²) in [6.45, 7) is 0. The number of nitrogens with two attached hydrogens (primary N) is 1. The highest BCUT2D eigenvalue weighted by Gasteiger charge is 2.05. The first-order valence-corrected chi connectivity index (χ1v) is 6.14. The number of para-hydroxylation sites is 1. The van der Waals surface area contributed by atoms with Gasteiger partial charge in [0.2, 0.25) is 0 Å². The first-order chi connectivity index (χ1) is 8.65. The maximum atomic E-state index is 10.6. The van der Waals surface area contributed by atoms with Gasteiger partial charge >= 0.3 is 0 Å². The van der Waals surface area contributed by atoms with Crippen LogP contribution in [0.15, 0.2) is 48.5 Å². The standard InChI is InChI=1S/C12H12N2O3S/c13-9-6-7-11(12(8-9)17-18(15)16)14-10-4-2-1-3-5-10/h1-8,14H,13H2,(H,15,16)/p-1. The Kier molecular flexibility index (Phi) is 3.81. The minimum absolute atomic E-state index is 0.159. The van der Waals surface area contributed by atoms with Gasteiger partial charge in [0.15, 0.2) is 5.75 Å². The Morgan fingerprint density at radius 3 is 2.56 bits per heavy atom. The first-order valence-electron chi connectivity index (χ1n) is 5.14. The number of benzene rings is 2. The van der Waals surface area contributed by atoms with Crippen LogP contribution < -0.4 is 15.2 Å². The van der Waals surface area contributed by atoms with E-state index in [1.54, 1.807) is 12.1 Å². The van der Waals surface area contributed by atoms with E-state index < -0.39 is 11.4 Å². The van der Waals surface area contributed by atoms with Gasteiger partial charge in [0, 0.05) is 17.4 Å². The van der Waals surface area contributed by atoms with E-state index in [0.29, 0.717) is 11.4 Å². The Morgan fingerprint density at radius 1 is 1.17 bits per heavy atom. The maximum absolute atomic E-state index is 10.6. The molecule has 2 aromatic rings. The van der Waals surface area contributed by atoms with Crippen LogP contribution in [-0.4, -0.2) is 8.76 Å². The second-order valence-electron chi connectivity index (χ2n) is 3.53. The molecule has 0 aliphatic heterocycles. The van der Waals surface area contributed by atoms with Crippen molar-refractivity contribution >= 4 is 28.4 Å². The average molecular weight is 263 g/mol. The molecule has 0 saturated heterocycles. The lowest BCUT2D eigenvalue weighted by Crippen LogP contribution is -2.02. The van der Waals surface area contributed by atoms with Crippen molar-refractivity contribution in [3.05, 3.63) is 48.5 Å². The normalized spacial score (nSPS) is 11.8. The van der Waals surface area contributed by atoms with Gasteiger partial charge in [-0.1, -0.05) is 18.2 Å². The minimum Gasteiger partial charge on any atom is -0.740 e. The second-order valence-corrected chi connectivity index (χ2v) is 4.11. The zero-order valence-corrected chi connectivity index (χ0v) is 10.1. The van der Waals surface area contributed by atoms with E-state index in [4.69, 9.17) is 5.73 Å². The number of anilines is 3. The van der Waals surface area contributed by atoms with Gasteiger partial charge in [-0.25, -0.2) is 4.21 Å². The molecule has 0 radical (unpaired) electrons. The third-order valence-corrected chi connectivity index (χ3v) is 2.53. The van der Waals surface area contributed by atoms with Crippen molar-refractivity contribution in [3.8, 4) is 5.75 Å². The highest BCUT2D eigenvalue weighted by Crippen LogP contribution is 2.30. The minimum atomic E-state index is -2.64. The zero-order chi connectivity index (χ0) is 13.0. The summed E-state index contributed by atoms with van der Waals surface area (Å²) in [6.07, 6.45) is 0. The molecule has 1 atom stereocenters. The number of hydrogen-bond donors (Lipinski definition) is 2. The smallest absolute Gasteiger partial charge is 0.164 e. The first kappa shape index (κ1) is 12.4. The summed E-state index contributed by atoms with van der Waals surface area (Å²) >= 11 is -2.64. The third-order valence-electron chi connectivity index (χ3n) is 2.22. The van der Waals surface area contributed by atoms with Gasteiger partial charge in [0.05, 0.1) is 5.69 Å².